The molecule has 1 aromatic carbocycles. The lowest BCUT2D eigenvalue weighted by Crippen LogP contribution is -2.56. The van der Waals surface area contributed by atoms with Crippen molar-refractivity contribution < 1.29 is 19.4 Å². The van der Waals surface area contributed by atoms with Crippen LogP contribution in [0.15, 0.2) is 30.3 Å². The standard InChI is InChI=1S/C18H24N2O4/c1-10(19)20-14-7-12(8-15(20)17-16(14)24-17)23-18(22)13(9-21)11-5-3-2-4-6-11/h2-6,10,12-17,21H,7-9,19H2,1H3. The van der Waals surface area contributed by atoms with Crippen molar-refractivity contribution in [2.75, 3.05) is 6.61 Å². The average molecular weight is 332 g/mol. The largest absolute Gasteiger partial charge is 0.462 e. The summed E-state index contributed by atoms with van der Waals surface area (Å²) in [4.78, 5) is 14.8. The molecule has 0 spiro atoms. The van der Waals surface area contributed by atoms with Crippen LogP contribution >= 0.6 is 0 Å². The highest BCUT2D eigenvalue weighted by Crippen LogP contribution is 2.49. The lowest BCUT2D eigenvalue weighted by Gasteiger charge is -2.42. The Bertz CT molecular complexity index is 590. The molecule has 0 radical (unpaired) electrons. The van der Waals surface area contributed by atoms with Gasteiger partial charge in [0.25, 0.3) is 0 Å². The van der Waals surface area contributed by atoms with Gasteiger partial charge in [0.1, 0.15) is 24.2 Å². The fourth-order valence-corrected chi connectivity index (χ4v) is 4.44. The smallest absolute Gasteiger partial charge is 0.316 e. The summed E-state index contributed by atoms with van der Waals surface area (Å²) in [6.07, 6.45) is 1.84. The van der Waals surface area contributed by atoms with Crippen molar-refractivity contribution in [3.63, 3.8) is 0 Å². The number of rotatable bonds is 5. The Kier molecular flexibility index (Phi) is 4.08. The summed E-state index contributed by atoms with van der Waals surface area (Å²) in [6.45, 7) is 1.75. The fraction of sp³-hybridized carbons (Fsp3) is 0.611. The molecule has 6 heteroatoms. The molecule has 3 aliphatic rings. The highest BCUT2D eigenvalue weighted by molar-refractivity contribution is 5.78. The second-order valence-corrected chi connectivity index (χ2v) is 7.06. The minimum absolute atomic E-state index is 0.0115. The molecule has 6 nitrogen and oxygen atoms in total. The average Bonchev–Trinajstić information content (AvgIpc) is 3.32. The van der Waals surface area contributed by atoms with Gasteiger partial charge in [0, 0.05) is 24.9 Å². The van der Waals surface area contributed by atoms with E-state index in [1.165, 1.54) is 0 Å². The van der Waals surface area contributed by atoms with E-state index >= 15 is 0 Å². The Morgan fingerprint density at radius 3 is 2.50 bits per heavy atom. The van der Waals surface area contributed by atoms with Crippen molar-refractivity contribution in [2.24, 2.45) is 5.73 Å². The summed E-state index contributed by atoms with van der Waals surface area (Å²) in [6, 6.07) is 9.75. The fourth-order valence-electron chi connectivity index (χ4n) is 4.44. The first kappa shape index (κ1) is 16.0. The van der Waals surface area contributed by atoms with E-state index in [2.05, 4.69) is 4.90 Å². The zero-order valence-electron chi connectivity index (χ0n) is 13.7. The molecular weight excluding hydrogens is 308 g/mol. The first-order valence-electron chi connectivity index (χ1n) is 8.65. The number of fused-ring (bicyclic) bond motifs is 5. The summed E-state index contributed by atoms with van der Waals surface area (Å²) < 4.78 is 11.5. The van der Waals surface area contributed by atoms with Gasteiger partial charge in [-0.25, -0.2) is 0 Å². The summed E-state index contributed by atoms with van der Waals surface area (Å²) in [5.41, 5.74) is 6.88. The lowest BCUT2D eigenvalue weighted by atomic mass is 9.96. The first-order chi connectivity index (χ1) is 11.6. The van der Waals surface area contributed by atoms with Crippen LogP contribution in [0.2, 0.25) is 0 Å². The molecule has 0 aliphatic carbocycles. The van der Waals surface area contributed by atoms with Crippen molar-refractivity contribution in [1.82, 2.24) is 4.90 Å². The van der Waals surface area contributed by atoms with Gasteiger partial charge in [-0.1, -0.05) is 30.3 Å². The van der Waals surface area contributed by atoms with E-state index in [0.29, 0.717) is 0 Å². The topological polar surface area (TPSA) is 88.3 Å². The lowest BCUT2D eigenvalue weighted by molar-refractivity contribution is -0.157. The molecule has 4 rings (SSSR count). The highest BCUT2D eigenvalue weighted by Gasteiger charge is 2.64. The highest BCUT2D eigenvalue weighted by atomic mass is 16.6. The molecule has 24 heavy (non-hydrogen) atoms. The summed E-state index contributed by atoms with van der Waals surface area (Å²) >= 11 is 0. The third-order valence-corrected chi connectivity index (χ3v) is 5.52. The third-order valence-electron chi connectivity index (χ3n) is 5.52. The van der Waals surface area contributed by atoms with Crippen molar-refractivity contribution in [2.45, 2.75) is 62.2 Å². The van der Waals surface area contributed by atoms with Gasteiger partial charge in [0.15, 0.2) is 0 Å². The second kappa shape index (κ2) is 6.11. The van der Waals surface area contributed by atoms with Crippen LogP contribution in [-0.4, -0.2) is 59.1 Å². The number of piperidine rings is 1. The number of aliphatic hydroxyl groups is 1. The zero-order valence-corrected chi connectivity index (χ0v) is 13.7. The Morgan fingerprint density at radius 1 is 1.33 bits per heavy atom. The molecule has 3 fully saturated rings. The molecule has 3 heterocycles. The Morgan fingerprint density at radius 2 is 1.96 bits per heavy atom. The monoisotopic (exact) mass is 332 g/mol. The van der Waals surface area contributed by atoms with Crippen LogP contribution in [0.4, 0.5) is 0 Å². The molecule has 6 atom stereocenters. The summed E-state index contributed by atoms with van der Waals surface area (Å²) in [7, 11) is 0. The number of nitrogens with zero attached hydrogens (tertiary/aromatic N) is 1. The maximum Gasteiger partial charge on any atom is 0.316 e. The zero-order chi connectivity index (χ0) is 16.8. The van der Waals surface area contributed by atoms with E-state index in [0.717, 1.165) is 18.4 Å². The molecular formula is C18H24N2O4. The number of epoxide rings is 1. The van der Waals surface area contributed by atoms with Gasteiger partial charge in [0.05, 0.1) is 12.8 Å². The Balaban J connectivity index is 1.42. The molecule has 2 bridgehead atoms. The summed E-state index contributed by atoms with van der Waals surface area (Å²) in [5.74, 6) is -0.974. The molecule has 1 aromatic rings. The molecule has 0 saturated carbocycles. The minimum Gasteiger partial charge on any atom is -0.462 e. The number of benzene rings is 1. The molecule has 130 valence electrons. The third kappa shape index (κ3) is 2.63. The van der Waals surface area contributed by atoms with Crippen LogP contribution in [0.3, 0.4) is 0 Å². The van der Waals surface area contributed by atoms with E-state index in [9.17, 15) is 9.90 Å². The van der Waals surface area contributed by atoms with Gasteiger partial charge in [-0.2, -0.15) is 0 Å². The van der Waals surface area contributed by atoms with Gasteiger partial charge >= 0.3 is 5.97 Å². The normalized spacial score (nSPS) is 36.7. The van der Waals surface area contributed by atoms with E-state index in [1.54, 1.807) is 0 Å². The number of esters is 1. The van der Waals surface area contributed by atoms with Gasteiger partial charge < -0.3 is 20.3 Å². The van der Waals surface area contributed by atoms with Crippen LogP contribution in [0.1, 0.15) is 31.2 Å². The van der Waals surface area contributed by atoms with Crippen molar-refractivity contribution >= 4 is 5.97 Å². The maximum atomic E-state index is 12.5. The maximum absolute atomic E-state index is 12.5. The number of hydrogen-bond donors (Lipinski definition) is 2. The van der Waals surface area contributed by atoms with Crippen LogP contribution in [-0.2, 0) is 14.3 Å². The number of hydrogen-bond acceptors (Lipinski definition) is 6. The Hall–Kier alpha value is -1.47. The molecule has 3 aliphatic heterocycles. The molecule has 3 N–H and O–H groups in total. The van der Waals surface area contributed by atoms with Crippen molar-refractivity contribution in [3.8, 4) is 0 Å². The van der Waals surface area contributed by atoms with Gasteiger partial charge in [-0.05, 0) is 12.5 Å². The molecule has 6 unspecified atom stereocenters. The molecule has 0 aromatic heterocycles. The number of carbonyl (C=O) groups is 1. The second-order valence-electron chi connectivity index (χ2n) is 7.06. The van der Waals surface area contributed by atoms with E-state index in [4.69, 9.17) is 15.2 Å². The van der Waals surface area contributed by atoms with Crippen LogP contribution in [0.5, 0.6) is 0 Å². The quantitative estimate of drug-likeness (QED) is 0.606. The van der Waals surface area contributed by atoms with Crippen LogP contribution in [0.25, 0.3) is 0 Å². The number of aliphatic hydroxyl groups excluding tert-OH is 1. The predicted molar refractivity (Wildman–Crippen MR) is 87.1 cm³/mol. The SMILES string of the molecule is CC(N)N1C2CC(OC(=O)C(CO)c3ccccc3)CC1C1OC12. The van der Waals surface area contributed by atoms with E-state index in [-0.39, 0.29) is 49.1 Å². The summed E-state index contributed by atoms with van der Waals surface area (Å²) in [5, 5.41) is 9.61. The van der Waals surface area contributed by atoms with Gasteiger partial charge in [-0.3, -0.25) is 9.69 Å². The van der Waals surface area contributed by atoms with E-state index < -0.39 is 5.92 Å². The Labute approximate surface area is 141 Å². The van der Waals surface area contributed by atoms with Gasteiger partial charge in [-0.15, -0.1) is 0 Å². The predicted octanol–water partition coefficient (Wildman–Crippen LogP) is 0.593. The number of morpholine rings is 1. The number of nitrogens with two attached hydrogens (primary N) is 1. The van der Waals surface area contributed by atoms with Gasteiger partial charge in [0.2, 0.25) is 0 Å². The minimum atomic E-state index is -0.624. The van der Waals surface area contributed by atoms with Crippen LogP contribution < -0.4 is 5.73 Å². The molecule has 3 saturated heterocycles. The van der Waals surface area contributed by atoms with Crippen molar-refractivity contribution in [1.29, 1.82) is 0 Å². The van der Waals surface area contributed by atoms with Crippen LogP contribution in [0, 0.1) is 0 Å². The van der Waals surface area contributed by atoms with E-state index in [1.807, 2.05) is 37.3 Å². The first-order valence-corrected chi connectivity index (χ1v) is 8.65. The molecule has 0 amide bonds. The number of carbonyl (C=O) groups excluding carboxylic acids is 1. The number of ether oxygens (including phenoxy) is 2. The van der Waals surface area contributed by atoms with Crippen molar-refractivity contribution in [3.05, 3.63) is 35.9 Å².